The molecule has 2 rings (SSSR count). The summed E-state index contributed by atoms with van der Waals surface area (Å²) in [4.78, 5) is 0. The van der Waals surface area contributed by atoms with Gasteiger partial charge in [0, 0.05) is 6.04 Å². The molecule has 3 atom stereocenters. The van der Waals surface area contributed by atoms with Crippen LogP contribution in [0.5, 0.6) is 0 Å². The molecule has 1 saturated carbocycles. The van der Waals surface area contributed by atoms with E-state index in [2.05, 4.69) is 52.0 Å². The molecule has 2 N–H and O–H groups in total. The molecule has 0 aromatic heterocycles. The Morgan fingerprint density at radius 3 is 2.13 bits per heavy atom. The molecule has 0 aliphatic heterocycles. The number of aryl methyl sites for hydroxylation is 1. The van der Waals surface area contributed by atoms with Crippen molar-refractivity contribution in [3.63, 3.8) is 0 Å². The van der Waals surface area contributed by atoms with Crippen LogP contribution in [0.1, 0.15) is 37.8 Å². The third-order valence-electron chi connectivity index (χ3n) is 4.19. The maximum Gasteiger partial charge on any atom is 0.0128 e. The first-order valence-corrected chi connectivity index (χ1v) is 5.76. The van der Waals surface area contributed by atoms with E-state index in [1.807, 2.05) is 0 Å². The smallest absolute Gasteiger partial charge is 0.0128 e. The van der Waals surface area contributed by atoms with Crippen molar-refractivity contribution < 1.29 is 0 Å². The molecule has 0 heterocycles. The van der Waals surface area contributed by atoms with Gasteiger partial charge < -0.3 is 5.73 Å². The first kappa shape index (κ1) is 10.7. The molecule has 0 amide bonds. The van der Waals surface area contributed by atoms with E-state index in [-0.39, 0.29) is 5.41 Å². The number of benzene rings is 1. The zero-order valence-corrected chi connectivity index (χ0v) is 10.1. The molecule has 3 unspecified atom stereocenters. The predicted octanol–water partition coefficient (Wildman–Crippen LogP) is 3.08. The van der Waals surface area contributed by atoms with Gasteiger partial charge >= 0.3 is 0 Å². The van der Waals surface area contributed by atoms with Crippen LogP contribution in [0, 0.1) is 18.3 Å². The molecule has 1 aliphatic carbocycles. The molecule has 1 fully saturated rings. The van der Waals surface area contributed by atoms with Crippen LogP contribution in [0.25, 0.3) is 0 Å². The Morgan fingerprint density at radius 1 is 1.13 bits per heavy atom. The zero-order chi connectivity index (χ0) is 11.2. The van der Waals surface area contributed by atoms with Gasteiger partial charge in [-0.3, -0.25) is 0 Å². The van der Waals surface area contributed by atoms with Gasteiger partial charge in [-0.1, -0.05) is 50.6 Å². The molecule has 15 heavy (non-hydrogen) atoms. The molecule has 1 aliphatic rings. The summed E-state index contributed by atoms with van der Waals surface area (Å²) < 4.78 is 0. The van der Waals surface area contributed by atoms with Gasteiger partial charge in [-0.15, -0.1) is 0 Å². The minimum atomic E-state index is 0.245. The fourth-order valence-electron chi connectivity index (χ4n) is 3.16. The Labute approximate surface area is 92.7 Å². The van der Waals surface area contributed by atoms with Gasteiger partial charge in [0.15, 0.2) is 0 Å². The van der Waals surface area contributed by atoms with E-state index in [1.54, 1.807) is 0 Å². The molecule has 1 aromatic carbocycles. The first-order valence-electron chi connectivity index (χ1n) is 5.76. The number of hydrogen-bond donors (Lipinski definition) is 1. The van der Waals surface area contributed by atoms with E-state index in [1.165, 1.54) is 11.1 Å². The lowest BCUT2D eigenvalue weighted by Crippen LogP contribution is -2.59. The molecule has 0 radical (unpaired) electrons. The van der Waals surface area contributed by atoms with Crippen molar-refractivity contribution in [2.75, 3.05) is 0 Å². The normalized spacial score (nSPS) is 33.5. The van der Waals surface area contributed by atoms with E-state index in [4.69, 9.17) is 5.73 Å². The van der Waals surface area contributed by atoms with Crippen molar-refractivity contribution in [1.82, 2.24) is 0 Å². The second kappa shape index (κ2) is 3.34. The second-order valence-corrected chi connectivity index (χ2v) is 5.59. The molecule has 0 spiro atoms. The Balaban J connectivity index is 2.29. The zero-order valence-electron chi connectivity index (χ0n) is 10.1. The summed E-state index contributed by atoms with van der Waals surface area (Å²) in [5.41, 5.74) is 9.17. The van der Waals surface area contributed by atoms with Crippen LogP contribution in [-0.4, -0.2) is 6.04 Å². The monoisotopic (exact) mass is 203 g/mol. The first-order chi connectivity index (χ1) is 6.94. The average molecular weight is 203 g/mol. The Hall–Kier alpha value is -0.820. The fraction of sp³-hybridized carbons (Fsp3) is 0.571. The molecule has 1 nitrogen and oxygen atoms in total. The lowest BCUT2D eigenvalue weighted by molar-refractivity contribution is 0.0255. The van der Waals surface area contributed by atoms with Crippen molar-refractivity contribution in [1.29, 1.82) is 0 Å². The number of rotatable bonds is 1. The lowest BCUT2D eigenvalue weighted by Gasteiger charge is -2.56. The highest BCUT2D eigenvalue weighted by atomic mass is 14.8. The largest absolute Gasteiger partial charge is 0.327 e. The molecule has 82 valence electrons. The summed E-state index contributed by atoms with van der Waals surface area (Å²) in [6, 6.07) is 9.24. The molecule has 1 heteroatoms. The van der Waals surface area contributed by atoms with Gasteiger partial charge in [0.05, 0.1) is 0 Å². The van der Waals surface area contributed by atoms with Crippen LogP contribution < -0.4 is 5.73 Å². The van der Waals surface area contributed by atoms with E-state index in [9.17, 15) is 0 Å². The summed E-state index contributed by atoms with van der Waals surface area (Å²) in [6.07, 6.45) is 0. The molecule has 0 saturated heterocycles. The molecular formula is C14H21N. The fourth-order valence-corrected chi connectivity index (χ4v) is 3.16. The molecular weight excluding hydrogens is 182 g/mol. The van der Waals surface area contributed by atoms with Crippen LogP contribution in [0.15, 0.2) is 24.3 Å². The van der Waals surface area contributed by atoms with E-state index >= 15 is 0 Å². The van der Waals surface area contributed by atoms with Gasteiger partial charge in [-0.25, -0.2) is 0 Å². The van der Waals surface area contributed by atoms with Crippen LogP contribution >= 0.6 is 0 Å². The second-order valence-electron chi connectivity index (χ2n) is 5.59. The van der Waals surface area contributed by atoms with Crippen molar-refractivity contribution in [2.24, 2.45) is 17.1 Å². The minimum Gasteiger partial charge on any atom is -0.327 e. The van der Waals surface area contributed by atoms with Gasteiger partial charge in [0.1, 0.15) is 0 Å². The number of hydrogen-bond acceptors (Lipinski definition) is 1. The Bertz CT molecular complexity index is 350. The SMILES string of the molecule is Cc1ccc(C2C(C)C(N)C2(C)C)cc1. The van der Waals surface area contributed by atoms with Gasteiger partial charge in [-0.2, -0.15) is 0 Å². The average Bonchev–Trinajstić information content (AvgIpc) is 2.20. The van der Waals surface area contributed by atoms with Crippen molar-refractivity contribution in [3.8, 4) is 0 Å². The third-order valence-corrected chi connectivity index (χ3v) is 4.19. The van der Waals surface area contributed by atoms with Crippen molar-refractivity contribution in [3.05, 3.63) is 35.4 Å². The van der Waals surface area contributed by atoms with Crippen LogP contribution in [0.4, 0.5) is 0 Å². The van der Waals surface area contributed by atoms with Crippen molar-refractivity contribution in [2.45, 2.75) is 39.7 Å². The van der Waals surface area contributed by atoms with E-state index in [0.29, 0.717) is 17.9 Å². The molecule has 0 bridgehead atoms. The maximum atomic E-state index is 6.16. The third kappa shape index (κ3) is 1.50. The van der Waals surface area contributed by atoms with Gasteiger partial charge in [-0.05, 0) is 29.7 Å². The van der Waals surface area contributed by atoms with E-state index in [0.717, 1.165) is 0 Å². The topological polar surface area (TPSA) is 26.0 Å². The van der Waals surface area contributed by atoms with Gasteiger partial charge in [0.2, 0.25) is 0 Å². The lowest BCUT2D eigenvalue weighted by atomic mass is 9.51. The summed E-state index contributed by atoms with van der Waals surface area (Å²) >= 11 is 0. The minimum absolute atomic E-state index is 0.245. The Morgan fingerprint density at radius 2 is 1.67 bits per heavy atom. The predicted molar refractivity (Wildman–Crippen MR) is 64.8 cm³/mol. The van der Waals surface area contributed by atoms with E-state index < -0.39 is 0 Å². The van der Waals surface area contributed by atoms with Crippen LogP contribution in [-0.2, 0) is 0 Å². The van der Waals surface area contributed by atoms with Crippen LogP contribution in [0.3, 0.4) is 0 Å². The highest BCUT2D eigenvalue weighted by Gasteiger charge is 2.52. The summed E-state index contributed by atoms with van der Waals surface area (Å²) in [5, 5.41) is 0. The highest BCUT2D eigenvalue weighted by molar-refractivity contribution is 5.31. The summed E-state index contributed by atoms with van der Waals surface area (Å²) in [7, 11) is 0. The summed E-state index contributed by atoms with van der Waals surface area (Å²) in [5.74, 6) is 1.22. The highest BCUT2D eigenvalue weighted by Crippen LogP contribution is 2.55. The quantitative estimate of drug-likeness (QED) is 0.745. The van der Waals surface area contributed by atoms with Crippen molar-refractivity contribution >= 4 is 0 Å². The summed E-state index contributed by atoms with van der Waals surface area (Å²) in [6.45, 7) is 8.95. The maximum absolute atomic E-state index is 6.16. The standard InChI is InChI=1S/C14H21N/c1-9-5-7-11(8-6-9)12-10(2)13(15)14(12,3)4/h5-8,10,12-13H,15H2,1-4H3. The van der Waals surface area contributed by atoms with Crippen LogP contribution in [0.2, 0.25) is 0 Å². The molecule has 1 aromatic rings. The van der Waals surface area contributed by atoms with Gasteiger partial charge in [0.25, 0.3) is 0 Å². The Kier molecular flexibility index (Phi) is 2.38. The number of nitrogens with two attached hydrogens (primary N) is 1.